The zero-order chi connectivity index (χ0) is 13.0. The van der Waals surface area contributed by atoms with Gasteiger partial charge in [0.1, 0.15) is 5.76 Å². The largest absolute Gasteiger partial charge is 0.465 e. The van der Waals surface area contributed by atoms with Crippen molar-refractivity contribution in [3.8, 4) is 5.88 Å². The zero-order valence-electron chi connectivity index (χ0n) is 10.5. The van der Waals surface area contributed by atoms with Gasteiger partial charge in [0.25, 0.3) is 0 Å². The predicted octanol–water partition coefficient (Wildman–Crippen LogP) is 2.05. The Kier molecular flexibility index (Phi) is 3.94. The van der Waals surface area contributed by atoms with Gasteiger partial charge >= 0.3 is 0 Å². The predicted molar refractivity (Wildman–Crippen MR) is 65.3 cm³/mol. The van der Waals surface area contributed by atoms with Crippen LogP contribution in [-0.2, 0) is 6.42 Å². The standard InChI is InChI=1S/C13H16N2O3/c1-9-11(6-8-16)15-13(18-9)10(2)17-12-5-3-4-7-14-12/h3-5,7,10,16H,6,8H2,1-2H3. The third kappa shape index (κ3) is 2.87. The third-order valence-electron chi connectivity index (χ3n) is 2.54. The van der Waals surface area contributed by atoms with Crippen LogP contribution in [-0.4, -0.2) is 21.7 Å². The van der Waals surface area contributed by atoms with E-state index in [1.165, 1.54) is 0 Å². The molecule has 5 heteroatoms. The summed E-state index contributed by atoms with van der Waals surface area (Å²) in [5, 5.41) is 8.90. The SMILES string of the molecule is Cc1oc(C(C)Oc2ccccn2)nc1CCO. The van der Waals surface area contributed by atoms with Gasteiger partial charge in [0.2, 0.25) is 11.8 Å². The van der Waals surface area contributed by atoms with Crippen LogP contribution in [0.1, 0.15) is 30.4 Å². The smallest absolute Gasteiger partial charge is 0.235 e. The fourth-order valence-electron chi connectivity index (χ4n) is 1.61. The Morgan fingerprint density at radius 1 is 1.44 bits per heavy atom. The van der Waals surface area contributed by atoms with E-state index >= 15 is 0 Å². The number of aliphatic hydroxyl groups is 1. The van der Waals surface area contributed by atoms with Gasteiger partial charge in [0.15, 0.2) is 6.10 Å². The highest BCUT2D eigenvalue weighted by Crippen LogP contribution is 2.21. The van der Waals surface area contributed by atoms with Crippen molar-refractivity contribution in [3.63, 3.8) is 0 Å². The number of ether oxygens (including phenoxy) is 1. The van der Waals surface area contributed by atoms with Gasteiger partial charge in [-0.2, -0.15) is 0 Å². The van der Waals surface area contributed by atoms with Gasteiger partial charge in [-0.25, -0.2) is 9.97 Å². The first-order chi connectivity index (χ1) is 8.70. The molecule has 0 radical (unpaired) electrons. The minimum absolute atomic E-state index is 0.0578. The quantitative estimate of drug-likeness (QED) is 0.877. The summed E-state index contributed by atoms with van der Waals surface area (Å²) in [5.74, 6) is 1.75. The molecule has 0 bridgehead atoms. The van der Waals surface area contributed by atoms with Crippen molar-refractivity contribution in [3.05, 3.63) is 41.7 Å². The number of rotatable bonds is 5. The Morgan fingerprint density at radius 3 is 2.94 bits per heavy atom. The number of oxazole rings is 1. The summed E-state index contributed by atoms with van der Waals surface area (Å²) in [6, 6.07) is 5.46. The van der Waals surface area contributed by atoms with Crippen LogP contribution in [0.4, 0.5) is 0 Å². The Morgan fingerprint density at radius 2 is 2.28 bits per heavy atom. The molecule has 0 aliphatic carbocycles. The third-order valence-corrected chi connectivity index (χ3v) is 2.54. The van der Waals surface area contributed by atoms with Crippen molar-refractivity contribution >= 4 is 0 Å². The van der Waals surface area contributed by atoms with Crippen LogP contribution in [0.2, 0.25) is 0 Å². The van der Waals surface area contributed by atoms with Crippen molar-refractivity contribution < 1.29 is 14.3 Å². The maximum absolute atomic E-state index is 8.90. The molecule has 1 unspecified atom stereocenters. The van der Waals surface area contributed by atoms with Crippen LogP contribution in [0.25, 0.3) is 0 Å². The van der Waals surface area contributed by atoms with Gasteiger partial charge in [-0.05, 0) is 19.9 Å². The van der Waals surface area contributed by atoms with Crippen LogP contribution < -0.4 is 4.74 Å². The number of pyridine rings is 1. The van der Waals surface area contributed by atoms with E-state index in [1.807, 2.05) is 26.0 Å². The topological polar surface area (TPSA) is 68.4 Å². The van der Waals surface area contributed by atoms with Crippen LogP contribution in [0, 0.1) is 6.92 Å². The molecule has 0 saturated heterocycles. The minimum atomic E-state index is -0.314. The van der Waals surface area contributed by atoms with Crippen molar-refractivity contribution in [2.75, 3.05) is 6.61 Å². The van der Waals surface area contributed by atoms with Crippen LogP contribution in [0.3, 0.4) is 0 Å². The molecule has 96 valence electrons. The second-order valence-corrected chi connectivity index (χ2v) is 3.96. The van der Waals surface area contributed by atoms with Crippen molar-refractivity contribution in [2.24, 2.45) is 0 Å². The van der Waals surface area contributed by atoms with E-state index in [1.54, 1.807) is 12.3 Å². The highest BCUT2D eigenvalue weighted by Gasteiger charge is 2.17. The van der Waals surface area contributed by atoms with E-state index in [9.17, 15) is 0 Å². The van der Waals surface area contributed by atoms with E-state index in [0.717, 1.165) is 11.5 Å². The van der Waals surface area contributed by atoms with Gasteiger partial charge in [-0.1, -0.05) is 6.07 Å². The number of aliphatic hydroxyl groups excluding tert-OH is 1. The Labute approximate surface area is 105 Å². The maximum Gasteiger partial charge on any atom is 0.235 e. The maximum atomic E-state index is 8.90. The van der Waals surface area contributed by atoms with E-state index < -0.39 is 0 Å². The molecule has 0 fully saturated rings. The minimum Gasteiger partial charge on any atom is -0.465 e. The lowest BCUT2D eigenvalue weighted by Crippen LogP contribution is -2.04. The molecule has 1 N–H and O–H groups in total. The van der Waals surface area contributed by atoms with E-state index in [-0.39, 0.29) is 12.7 Å². The summed E-state index contributed by atoms with van der Waals surface area (Å²) < 4.78 is 11.1. The summed E-state index contributed by atoms with van der Waals surface area (Å²) in [4.78, 5) is 8.39. The molecule has 5 nitrogen and oxygen atoms in total. The van der Waals surface area contributed by atoms with E-state index in [2.05, 4.69) is 9.97 Å². The molecular weight excluding hydrogens is 232 g/mol. The molecule has 0 aliphatic rings. The van der Waals surface area contributed by atoms with Crippen molar-refractivity contribution in [2.45, 2.75) is 26.4 Å². The molecule has 2 aromatic heterocycles. The average molecular weight is 248 g/mol. The summed E-state index contributed by atoms with van der Waals surface area (Å²) in [7, 11) is 0. The first-order valence-corrected chi connectivity index (χ1v) is 5.85. The lowest BCUT2D eigenvalue weighted by Gasteiger charge is -2.09. The molecule has 0 spiro atoms. The summed E-state index contributed by atoms with van der Waals surface area (Å²) in [6.45, 7) is 3.74. The van der Waals surface area contributed by atoms with Crippen molar-refractivity contribution in [1.29, 1.82) is 0 Å². The Balaban J connectivity index is 2.09. The molecule has 0 aromatic carbocycles. The summed E-state index contributed by atoms with van der Waals surface area (Å²) in [5.41, 5.74) is 0.768. The van der Waals surface area contributed by atoms with Crippen LogP contribution in [0.5, 0.6) is 5.88 Å². The molecule has 0 aliphatic heterocycles. The summed E-state index contributed by atoms with van der Waals surface area (Å²) in [6.07, 6.45) is 1.84. The normalized spacial score (nSPS) is 12.4. The second kappa shape index (κ2) is 5.64. The Bertz CT molecular complexity index is 496. The molecule has 18 heavy (non-hydrogen) atoms. The number of aromatic nitrogens is 2. The number of aryl methyl sites for hydroxylation is 1. The van der Waals surface area contributed by atoms with Crippen molar-refractivity contribution in [1.82, 2.24) is 9.97 Å². The van der Waals surface area contributed by atoms with Gasteiger partial charge in [0, 0.05) is 25.3 Å². The van der Waals surface area contributed by atoms with Gasteiger partial charge in [0.05, 0.1) is 5.69 Å². The molecule has 2 rings (SSSR count). The number of hydrogen-bond acceptors (Lipinski definition) is 5. The second-order valence-electron chi connectivity index (χ2n) is 3.96. The monoisotopic (exact) mass is 248 g/mol. The Hall–Kier alpha value is -1.88. The van der Waals surface area contributed by atoms with Crippen LogP contribution in [0.15, 0.2) is 28.8 Å². The molecule has 1 atom stereocenters. The van der Waals surface area contributed by atoms with Gasteiger partial charge in [-0.15, -0.1) is 0 Å². The first-order valence-electron chi connectivity index (χ1n) is 5.85. The molecule has 2 heterocycles. The molecule has 0 amide bonds. The number of hydrogen-bond donors (Lipinski definition) is 1. The average Bonchev–Trinajstić information content (AvgIpc) is 2.73. The van der Waals surface area contributed by atoms with E-state index in [4.69, 9.17) is 14.3 Å². The number of nitrogens with zero attached hydrogens (tertiary/aromatic N) is 2. The first kappa shape index (κ1) is 12.6. The molecule has 0 saturated carbocycles. The van der Waals surface area contributed by atoms with E-state index in [0.29, 0.717) is 18.2 Å². The fourth-order valence-corrected chi connectivity index (χ4v) is 1.61. The zero-order valence-corrected chi connectivity index (χ0v) is 10.5. The summed E-state index contributed by atoms with van der Waals surface area (Å²) >= 11 is 0. The van der Waals surface area contributed by atoms with Crippen LogP contribution >= 0.6 is 0 Å². The lowest BCUT2D eigenvalue weighted by molar-refractivity contribution is 0.179. The highest BCUT2D eigenvalue weighted by molar-refractivity contribution is 5.12. The molecule has 2 aromatic rings. The lowest BCUT2D eigenvalue weighted by atomic mass is 10.3. The fraction of sp³-hybridized carbons (Fsp3) is 0.385. The molecular formula is C13H16N2O3. The van der Waals surface area contributed by atoms with Gasteiger partial charge in [-0.3, -0.25) is 0 Å². The highest BCUT2D eigenvalue weighted by atomic mass is 16.5. The van der Waals surface area contributed by atoms with Gasteiger partial charge < -0.3 is 14.3 Å².